The predicted molar refractivity (Wildman–Crippen MR) is 146 cm³/mol. The van der Waals surface area contributed by atoms with Gasteiger partial charge < -0.3 is 4.74 Å². The van der Waals surface area contributed by atoms with Gasteiger partial charge in [0.2, 0.25) is 0 Å². The number of nitrogens with zero attached hydrogens (tertiary/aromatic N) is 1. The van der Waals surface area contributed by atoms with Crippen molar-refractivity contribution in [2.24, 2.45) is 0 Å². The van der Waals surface area contributed by atoms with Gasteiger partial charge >= 0.3 is 5.97 Å². The van der Waals surface area contributed by atoms with Crippen molar-refractivity contribution in [3.8, 4) is 0 Å². The van der Waals surface area contributed by atoms with Crippen molar-refractivity contribution in [1.29, 1.82) is 0 Å². The molecule has 0 bridgehead atoms. The molecule has 0 fully saturated rings. The van der Waals surface area contributed by atoms with Crippen LogP contribution in [0.1, 0.15) is 162 Å². The smallest absolute Gasteiger partial charge is 0.320 e. The fraction of sp³-hybridized carbons (Fsp3) is 0.967. The second kappa shape index (κ2) is 26.0. The number of carbonyl (C=O) groups excluding carboxylic acids is 1. The summed E-state index contributed by atoms with van der Waals surface area (Å²) < 4.78 is 5.86. The summed E-state index contributed by atoms with van der Waals surface area (Å²) in [5, 5.41) is 0. The first kappa shape index (κ1) is 32.4. The van der Waals surface area contributed by atoms with Crippen molar-refractivity contribution >= 4 is 5.97 Å². The van der Waals surface area contributed by atoms with Gasteiger partial charge in [-0.1, -0.05) is 136 Å². The van der Waals surface area contributed by atoms with Gasteiger partial charge in [0.25, 0.3) is 0 Å². The molecule has 3 heteroatoms. The van der Waals surface area contributed by atoms with Crippen molar-refractivity contribution in [2.45, 2.75) is 168 Å². The van der Waals surface area contributed by atoms with Gasteiger partial charge in [0.05, 0.1) is 6.54 Å². The lowest BCUT2D eigenvalue weighted by Gasteiger charge is -2.19. The molecule has 0 spiro atoms. The number of ether oxygens (including phenoxy) is 1. The first-order chi connectivity index (χ1) is 16.1. The summed E-state index contributed by atoms with van der Waals surface area (Å²) in [4.78, 5) is 14.1. The van der Waals surface area contributed by atoms with Crippen molar-refractivity contribution < 1.29 is 9.53 Å². The Bertz CT molecular complexity index is 397. The maximum atomic E-state index is 12.2. The van der Waals surface area contributed by atoms with Gasteiger partial charge in [-0.05, 0) is 39.8 Å². The lowest BCUT2D eigenvalue weighted by Crippen LogP contribution is -2.27. The van der Waals surface area contributed by atoms with E-state index in [0.29, 0.717) is 6.54 Å². The minimum atomic E-state index is -0.0554. The second-order valence-electron chi connectivity index (χ2n) is 10.6. The minimum Gasteiger partial charge on any atom is -0.461 e. The summed E-state index contributed by atoms with van der Waals surface area (Å²) in [6, 6.07) is 0. The van der Waals surface area contributed by atoms with Crippen LogP contribution in [0.15, 0.2) is 0 Å². The van der Waals surface area contributed by atoms with Crippen LogP contribution in [0.4, 0.5) is 0 Å². The lowest BCUT2D eigenvalue weighted by atomic mass is 10.0. The summed E-state index contributed by atoms with van der Waals surface area (Å²) in [5.41, 5.74) is 0. The second-order valence-corrected chi connectivity index (χ2v) is 10.6. The third-order valence-electron chi connectivity index (χ3n) is 6.75. The number of likely N-dealkylation sites (N-methyl/N-ethyl adjacent to an activating group) is 1. The van der Waals surface area contributed by atoms with Crippen LogP contribution in [0, 0.1) is 0 Å². The van der Waals surface area contributed by atoms with Gasteiger partial charge in [-0.25, -0.2) is 0 Å². The summed E-state index contributed by atoms with van der Waals surface area (Å²) in [6.45, 7) is 4.96. The van der Waals surface area contributed by atoms with Crippen LogP contribution in [-0.2, 0) is 9.53 Å². The Labute approximate surface area is 208 Å². The molecule has 0 N–H and O–H groups in total. The Kier molecular flexibility index (Phi) is 25.6. The average molecular weight is 468 g/mol. The van der Waals surface area contributed by atoms with Crippen LogP contribution in [0.25, 0.3) is 0 Å². The molecule has 0 aromatic carbocycles. The molecule has 0 amide bonds. The molecule has 33 heavy (non-hydrogen) atoms. The molecule has 3 nitrogen and oxygen atoms in total. The van der Waals surface area contributed by atoms with E-state index in [-0.39, 0.29) is 12.1 Å². The Balaban J connectivity index is 3.86. The number of carbonyl (C=O) groups is 1. The van der Waals surface area contributed by atoms with Gasteiger partial charge in [-0.15, -0.1) is 0 Å². The normalized spacial score (nSPS) is 12.4. The number of hydrogen-bond donors (Lipinski definition) is 0. The zero-order valence-corrected chi connectivity index (χ0v) is 23.3. The van der Waals surface area contributed by atoms with E-state index in [0.717, 1.165) is 12.8 Å². The highest BCUT2D eigenvalue weighted by atomic mass is 16.5. The third-order valence-corrected chi connectivity index (χ3v) is 6.75. The maximum Gasteiger partial charge on any atom is 0.320 e. The van der Waals surface area contributed by atoms with Gasteiger partial charge in [0.1, 0.15) is 6.10 Å². The van der Waals surface area contributed by atoms with E-state index < -0.39 is 0 Å². The molecule has 0 aliphatic heterocycles. The number of rotatable bonds is 26. The number of esters is 1. The van der Waals surface area contributed by atoms with E-state index in [1.54, 1.807) is 0 Å². The lowest BCUT2D eigenvalue weighted by molar-refractivity contribution is -0.150. The molecular formula is C30H61NO2. The molecule has 0 saturated carbocycles. The van der Waals surface area contributed by atoms with Crippen LogP contribution < -0.4 is 0 Å². The molecule has 0 rings (SSSR count). The average Bonchev–Trinajstić information content (AvgIpc) is 2.77. The fourth-order valence-electron chi connectivity index (χ4n) is 4.64. The van der Waals surface area contributed by atoms with Crippen LogP contribution in [-0.4, -0.2) is 37.6 Å². The Morgan fingerprint density at radius 1 is 0.545 bits per heavy atom. The number of unbranched alkanes of at least 4 members (excludes halogenated alkanes) is 19. The zero-order valence-electron chi connectivity index (χ0n) is 23.3. The van der Waals surface area contributed by atoms with E-state index in [1.807, 2.05) is 19.0 Å². The number of hydrogen-bond acceptors (Lipinski definition) is 3. The first-order valence-electron chi connectivity index (χ1n) is 14.9. The van der Waals surface area contributed by atoms with Crippen LogP contribution in [0.2, 0.25) is 0 Å². The van der Waals surface area contributed by atoms with Crippen molar-refractivity contribution in [2.75, 3.05) is 20.6 Å². The van der Waals surface area contributed by atoms with Gasteiger partial charge in [-0.2, -0.15) is 0 Å². The van der Waals surface area contributed by atoms with Crippen molar-refractivity contribution in [3.63, 3.8) is 0 Å². The molecule has 198 valence electrons. The minimum absolute atomic E-state index is 0.0554. The van der Waals surface area contributed by atoms with Gasteiger partial charge in [-0.3, -0.25) is 9.69 Å². The van der Waals surface area contributed by atoms with Crippen molar-refractivity contribution in [3.05, 3.63) is 0 Å². The summed E-state index contributed by atoms with van der Waals surface area (Å²) >= 11 is 0. The van der Waals surface area contributed by atoms with E-state index in [1.165, 1.54) is 135 Å². The fourth-order valence-corrected chi connectivity index (χ4v) is 4.64. The van der Waals surface area contributed by atoms with E-state index in [2.05, 4.69) is 13.8 Å². The Hall–Kier alpha value is -0.570. The molecule has 0 aliphatic carbocycles. The summed E-state index contributed by atoms with van der Waals surface area (Å²) in [6.07, 6.45) is 30.8. The van der Waals surface area contributed by atoms with E-state index in [9.17, 15) is 4.79 Å². The van der Waals surface area contributed by atoms with Crippen molar-refractivity contribution in [1.82, 2.24) is 4.90 Å². The largest absolute Gasteiger partial charge is 0.461 e. The molecule has 0 heterocycles. The van der Waals surface area contributed by atoms with Gasteiger partial charge in [0, 0.05) is 0 Å². The molecule has 0 aliphatic rings. The predicted octanol–water partition coefficient (Wildman–Crippen LogP) is 9.47. The SMILES string of the molecule is CCCCCCCCCCCCCC(CCCCCCCCCCCC)OC(=O)CN(C)C. The molecule has 0 radical (unpaired) electrons. The molecule has 1 unspecified atom stereocenters. The van der Waals surface area contributed by atoms with Gasteiger partial charge in [0.15, 0.2) is 0 Å². The maximum absolute atomic E-state index is 12.2. The molecule has 0 aromatic heterocycles. The van der Waals surface area contributed by atoms with E-state index in [4.69, 9.17) is 4.74 Å². The highest BCUT2D eigenvalue weighted by molar-refractivity contribution is 5.71. The molecule has 1 atom stereocenters. The molecule has 0 saturated heterocycles. The standard InChI is InChI=1S/C30H61NO2/c1-5-7-9-11-13-15-17-19-21-23-25-27-29(33-30(32)28-31(3)4)26-24-22-20-18-16-14-12-10-8-6-2/h29H,5-28H2,1-4H3. The Morgan fingerprint density at radius 2 is 0.848 bits per heavy atom. The summed E-state index contributed by atoms with van der Waals surface area (Å²) in [5.74, 6) is -0.0554. The monoisotopic (exact) mass is 467 g/mol. The molecule has 0 aromatic rings. The highest BCUT2D eigenvalue weighted by Crippen LogP contribution is 2.18. The Morgan fingerprint density at radius 3 is 1.15 bits per heavy atom. The summed E-state index contributed by atoms with van der Waals surface area (Å²) in [7, 11) is 3.87. The third kappa shape index (κ3) is 25.9. The van der Waals surface area contributed by atoms with E-state index >= 15 is 0 Å². The zero-order chi connectivity index (χ0) is 24.4. The first-order valence-corrected chi connectivity index (χ1v) is 14.9. The van der Waals surface area contributed by atoms with Crippen LogP contribution >= 0.6 is 0 Å². The topological polar surface area (TPSA) is 29.5 Å². The van der Waals surface area contributed by atoms with Crippen LogP contribution in [0.5, 0.6) is 0 Å². The quantitative estimate of drug-likeness (QED) is 0.0936. The molecular weight excluding hydrogens is 406 g/mol. The highest BCUT2D eigenvalue weighted by Gasteiger charge is 2.14. The van der Waals surface area contributed by atoms with Crippen LogP contribution in [0.3, 0.4) is 0 Å².